The van der Waals surface area contributed by atoms with Gasteiger partial charge in [-0.3, -0.25) is 0 Å². The van der Waals surface area contributed by atoms with Crippen molar-refractivity contribution < 1.29 is 19.0 Å². The Kier molecular flexibility index (Phi) is 6.97. The van der Waals surface area contributed by atoms with Crippen LogP contribution in [0.15, 0.2) is 100 Å². The normalized spacial score (nSPS) is 11.0. The van der Waals surface area contributed by atoms with Gasteiger partial charge in [0, 0.05) is 16.1 Å². The van der Waals surface area contributed by atoms with Gasteiger partial charge in [0.1, 0.15) is 18.8 Å². The van der Waals surface area contributed by atoms with E-state index >= 15 is 0 Å². The number of pyridine rings is 1. The first-order valence-electron chi connectivity index (χ1n) is 11.8. The molecule has 0 fully saturated rings. The molecule has 7 heteroatoms. The number of nitrogens with zero attached hydrogens (tertiary/aromatic N) is 2. The fraction of sp³-hybridized carbons (Fsp3) is 0.133. The number of aromatic nitrogens is 2. The third-order valence-corrected chi connectivity index (χ3v) is 6.82. The SMILES string of the molecule is COc1cc(Cn2c(=O)c(C)c(-c3ccccc3[O-])[n+]3ccccc23)ccc1OCc1ccc(Br)cc1. The van der Waals surface area contributed by atoms with Crippen molar-refractivity contribution >= 4 is 21.6 Å². The van der Waals surface area contributed by atoms with Crippen LogP contribution < -0.4 is 24.5 Å². The molecule has 0 radical (unpaired) electrons. The summed E-state index contributed by atoms with van der Waals surface area (Å²) in [4.78, 5) is 13.6. The zero-order chi connectivity index (χ0) is 25.9. The summed E-state index contributed by atoms with van der Waals surface area (Å²) in [5.41, 5.74) is 4.08. The van der Waals surface area contributed by atoms with E-state index in [0.29, 0.717) is 47.1 Å². The van der Waals surface area contributed by atoms with E-state index in [9.17, 15) is 9.90 Å². The van der Waals surface area contributed by atoms with Crippen molar-refractivity contribution in [1.29, 1.82) is 0 Å². The molecule has 0 aliphatic heterocycles. The second kappa shape index (κ2) is 10.5. The smallest absolute Gasteiger partial charge is 0.341 e. The maximum atomic E-state index is 13.6. The van der Waals surface area contributed by atoms with Crippen LogP contribution in [0.1, 0.15) is 16.7 Å². The van der Waals surface area contributed by atoms with Crippen LogP contribution in [0.2, 0.25) is 0 Å². The van der Waals surface area contributed by atoms with Gasteiger partial charge in [-0.15, -0.1) is 0 Å². The van der Waals surface area contributed by atoms with Gasteiger partial charge in [-0.2, -0.15) is 8.97 Å². The number of ether oxygens (including phenoxy) is 2. The second-order valence-corrected chi connectivity index (χ2v) is 9.61. The predicted octanol–water partition coefficient (Wildman–Crippen LogP) is 5.03. The molecule has 0 saturated carbocycles. The molecule has 0 aliphatic carbocycles. The van der Waals surface area contributed by atoms with Gasteiger partial charge in [0.15, 0.2) is 11.5 Å². The first kappa shape index (κ1) is 24.6. The van der Waals surface area contributed by atoms with Crippen molar-refractivity contribution in [2.24, 2.45) is 0 Å². The average molecular weight is 557 g/mol. The van der Waals surface area contributed by atoms with Crippen LogP contribution in [0, 0.1) is 6.92 Å². The highest BCUT2D eigenvalue weighted by Crippen LogP contribution is 2.30. The van der Waals surface area contributed by atoms with E-state index in [1.165, 1.54) is 6.07 Å². The maximum absolute atomic E-state index is 13.6. The lowest BCUT2D eigenvalue weighted by atomic mass is 10.1. The molecule has 0 bridgehead atoms. The first-order chi connectivity index (χ1) is 18.0. The Morgan fingerprint density at radius 2 is 1.65 bits per heavy atom. The largest absolute Gasteiger partial charge is 0.872 e. The van der Waals surface area contributed by atoms with E-state index in [1.54, 1.807) is 30.7 Å². The van der Waals surface area contributed by atoms with E-state index in [1.807, 2.05) is 77.3 Å². The number of hydrogen-bond donors (Lipinski definition) is 0. The lowest BCUT2D eigenvalue weighted by Gasteiger charge is -2.16. The standard InChI is InChI=1S/C30H25BrN2O4/c1-20-29(24-7-3-4-8-25(24)34)32-16-6-5-9-28(32)33(30(20)35)18-22-12-15-26(27(17-22)36-2)37-19-21-10-13-23(31)14-11-21/h3-17H,18-19H2,1-2H3. The van der Waals surface area contributed by atoms with E-state index in [0.717, 1.165) is 15.6 Å². The number of halogens is 1. The van der Waals surface area contributed by atoms with Gasteiger partial charge in [0.2, 0.25) is 0 Å². The Morgan fingerprint density at radius 1 is 0.919 bits per heavy atom. The molecule has 2 heterocycles. The molecule has 186 valence electrons. The number of rotatable bonds is 7. The number of para-hydroxylation sites is 1. The van der Waals surface area contributed by atoms with Crippen LogP contribution in [-0.2, 0) is 13.2 Å². The zero-order valence-electron chi connectivity index (χ0n) is 20.5. The van der Waals surface area contributed by atoms with Gasteiger partial charge in [-0.1, -0.05) is 70.2 Å². The maximum Gasteiger partial charge on any atom is 0.341 e. The van der Waals surface area contributed by atoms with Crippen molar-refractivity contribution in [3.8, 4) is 28.5 Å². The van der Waals surface area contributed by atoms with Crippen LogP contribution in [0.4, 0.5) is 0 Å². The lowest BCUT2D eigenvalue weighted by molar-refractivity contribution is -0.504. The molecule has 3 aromatic carbocycles. The summed E-state index contributed by atoms with van der Waals surface area (Å²) in [5, 5.41) is 12.6. The molecule has 0 saturated heterocycles. The van der Waals surface area contributed by atoms with Crippen LogP contribution in [0.5, 0.6) is 17.2 Å². The second-order valence-electron chi connectivity index (χ2n) is 8.69. The molecular weight excluding hydrogens is 532 g/mol. The summed E-state index contributed by atoms with van der Waals surface area (Å²) < 4.78 is 16.2. The lowest BCUT2D eigenvalue weighted by Crippen LogP contribution is -2.38. The summed E-state index contributed by atoms with van der Waals surface area (Å²) in [7, 11) is 1.60. The molecule has 5 rings (SSSR count). The molecule has 0 spiro atoms. The van der Waals surface area contributed by atoms with Gasteiger partial charge in [-0.25, -0.2) is 4.79 Å². The molecule has 0 atom stereocenters. The Balaban J connectivity index is 1.51. The van der Waals surface area contributed by atoms with E-state index < -0.39 is 0 Å². The molecule has 0 amide bonds. The minimum absolute atomic E-state index is 0.121. The van der Waals surface area contributed by atoms with E-state index in [2.05, 4.69) is 15.9 Å². The van der Waals surface area contributed by atoms with Crippen molar-refractivity contribution in [2.45, 2.75) is 20.1 Å². The van der Waals surface area contributed by atoms with Crippen molar-refractivity contribution in [1.82, 2.24) is 4.57 Å². The quantitative estimate of drug-likeness (QED) is 0.263. The van der Waals surface area contributed by atoms with E-state index in [4.69, 9.17) is 9.47 Å². The third kappa shape index (κ3) is 4.95. The monoisotopic (exact) mass is 556 g/mol. The highest BCUT2D eigenvalue weighted by molar-refractivity contribution is 9.10. The number of benzene rings is 3. The number of fused-ring (bicyclic) bond motifs is 1. The highest BCUT2D eigenvalue weighted by atomic mass is 79.9. The van der Waals surface area contributed by atoms with E-state index in [-0.39, 0.29) is 11.3 Å². The molecule has 5 aromatic rings. The van der Waals surface area contributed by atoms with Crippen molar-refractivity contribution in [3.05, 3.63) is 123 Å². The van der Waals surface area contributed by atoms with Gasteiger partial charge in [-0.05, 0) is 48.4 Å². The molecule has 6 nitrogen and oxygen atoms in total. The summed E-state index contributed by atoms with van der Waals surface area (Å²) in [5.74, 6) is 1.09. The van der Waals surface area contributed by atoms with Gasteiger partial charge >= 0.3 is 5.56 Å². The van der Waals surface area contributed by atoms with Gasteiger partial charge in [0.05, 0.1) is 18.9 Å². The molecule has 2 aromatic heterocycles. The predicted molar refractivity (Wildman–Crippen MR) is 144 cm³/mol. The highest BCUT2D eigenvalue weighted by Gasteiger charge is 2.23. The summed E-state index contributed by atoms with van der Waals surface area (Å²) in [6, 6.07) is 26.1. The zero-order valence-corrected chi connectivity index (χ0v) is 22.1. The Labute approximate surface area is 223 Å². The Morgan fingerprint density at radius 3 is 2.41 bits per heavy atom. The fourth-order valence-electron chi connectivity index (χ4n) is 4.43. The molecule has 0 unspecified atom stereocenters. The Bertz CT molecular complexity index is 1640. The number of methoxy groups -OCH3 is 1. The molecular formula is C30H25BrN2O4. The van der Waals surface area contributed by atoms with Crippen molar-refractivity contribution in [2.75, 3.05) is 7.11 Å². The molecule has 37 heavy (non-hydrogen) atoms. The minimum Gasteiger partial charge on any atom is -0.872 e. The molecule has 0 aliphatic rings. The van der Waals surface area contributed by atoms with Crippen LogP contribution in [0.25, 0.3) is 16.9 Å². The van der Waals surface area contributed by atoms with Crippen LogP contribution in [0.3, 0.4) is 0 Å². The topological polar surface area (TPSA) is 67.6 Å². The van der Waals surface area contributed by atoms with Crippen LogP contribution in [-0.4, -0.2) is 11.7 Å². The average Bonchev–Trinajstić information content (AvgIpc) is 2.92. The van der Waals surface area contributed by atoms with Crippen LogP contribution >= 0.6 is 15.9 Å². The minimum atomic E-state index is -0.154. The third-order valence-electron chi connectivity index (χ3n) is 6.30. The Hall–Kier alpha value is -4.10. The summed E-state index contributed by atoms with van der Waals surface area (Å²) in [6.45, 7) is 2.50. The van der Waals surface area contributed by atoms with Crippen molar-refractivity contribution in [3.63, 3.8) is 0 Å². The number of hydrogen-bond acceptors (Lipinski definition) is 4. The molecule has 0 N–H and O–H groups in total. The van der Waals surface area contributed by atoms with Gasteiger partial charge in [0.25, 0.3) is 5.65 Å². The van der Waals surface area contributed by atoms with Gasteiger partial charge < -0.3 is 14.6 Å². The summed E-state index contributed by atoms with van der Waals surface area (Å²) in [6.07, 6.45) is 1.87. The first-order valence-corrected chi connectivity index (χ1v) is 12.6. The summed E-state index contributed by atoms with van der Waals surface area (Å²) >= 11 is 3.44. The fourth-order valence-corrected chi connectivity index (χ4v) is 4.70.